The van der Waals surface area contributed by atoms with Gasteiger partial charge in [-0.3, -0.25) is 0 Å². The first-order valence-corrected chi connectivity index (χ1v) is 16.4. The van der Waals surface area contributed by atoms with E-state index in [1.54, 1.807) is 18.4 Å². The molecule has 4 rings (SSSR count). The highest BCUT2D eigenvalue weighted by atomic mass is 32.1. The van der Waals surface area contributed by atoms with Crippen molar-refractivity contribution in [3.8, 4) is 5.75 Å². The molecule has 1 aromatic heterocycles. The summed E-state index contributed by atoms with van der Waals surface area (Å²) >= 11 is 1.67. The molecule has 2 fully saturated rings. The van der Waals surface area contributed by atoms with Gasteiger partial charge >= 0.3 is 0 Å². The van der Waals surface area contributed by atoms with Crippen molar-refractivity contribution in [2.24, 2.45) is 11.8 Å². The van der Waals surface area contributed by atoms with Gasteiger partial charge in [0.1, 0.15) is 11.4 Å². The quantitative estimate of drug-likeness (QED) is 0.403. The standard InChI is InChI=1S/C18H30N2O2.C15H26N2OS/c1-5-18(21,16-7-6-8-17(13-16)22-4)15(2)14-20-11-9-19(3)10-12-20;1-4-15(18,14-6-5-11-19-14)13(2)12-17-9-7-16(3)8-10-17/h6-8,13,15,21H,5,9-12,14H2,1-4H3;5-6,11,13,18H,4,7-10,12H2,1-3H3. The van der Waals surface area contributed by atoms with Gasteiger partial charge in [0.15, 0.2) is 0 Å². The fourth-order valence-electron chi connectivity index (χ4n) is 6.16. The molecule has 4 unspecified atom stereocenters. The van der Waals surface area contributed by atoms with Crippen LogP contribution in [0.3, 0.4) is 0 Å². The molecule has 0 radical (unpaired) electrons. The zero-order chi connectivity index (χ0) is 30.0. The summed E-state index contributed by atoms with van der Waals surface area (Å²) in [5, 5.41) is 24.3. The fraction of sp³-hybridized carbons (Fsp3) is 0.697. The lowest BCUT2D eigenvalue weighted by molar-refractivity contribution is -0.0373. The summed E-state index contributed by atoms with van der Waals surface area (Å²) in [6, 6.07) is 11.9. The predicted octanol–water partition coefficient (Wildman–Crippen LogP) is 4.41. The lowest BCUT2D eigenvalue weighted by atomic mass is 9.79. The van der Waals surface area contributed by atoms with Crippen molar-refractivity contribution in [1.82, 2.24) is 19.6 Å². The second-order valence-electron chi connectivity index (χ2n) is 12.3. The zero-order valence-corrected chi connectivity index (χ0v) is 27.5. The molecule has 2 N–H and O–H groups in total. The van der Waals surface area contributed by atoms with E-state index in [9.17, 15) is 10.2 Å². The molecule has 4 atom stereocenters. The minimum Gasteiger partial charge on any atom is -0.497 e. The summed E-state index contributed by atoms with van der Waals surface area (Å²) in [6.07, 6.45) is 1.48. The minimum absolute atomic E-state index is 0.174. The van der Waals surface area contributed by atoms with Crippen LogP contribution in [-0.2, 0) is 11.2 Å². The number of rotatable bonds is 11. The molecule has 2 aliphatic heterocycles. The van der Waals surface area contributed by atoms with Gasteiger partial charge in [0.05, 0.1) is 12.7 Å². The molecule has 1 aromatic carbocycles. The first-order chi connectivity index (χ1) is 19.5. The van der Waals surface area contributed by atoms with Crippen molar-refractivity contribution in [3.05, 3.63) is 52.2 Å². The van der Waals surface area contributed by atoms with Crippen molar-refractivity contribution in [1.29, 1.82) is 0 Å². The van der Waals surface area contributed by atoms with Gasteiger partial charge in [0.25, 0.3) is 0 Å². The molecule has 8 heteroatoms. The molecule has 0 aliphatic carbocycles. The Labute approximate surface area is 253 Å². The van der Waals surface area contributed by atoms with Crippen LogP contribution in [-0.4, -0.2) is 116 Å². The SMILES string of the molecule is CCC(O)(c1cccc(OC)c1)C(C)CN1CCN(C)CC1.CCC(O)(c1cccs1)C(C)CN1CCN(C)CC1. The second-order valence-corrected chi connectivity index (χ2v) is 13.2. The molecule has 0 amide bonds. The third kappa shape index (κ3) is 8.99. The number of ether oxygens (including phenoxy) is 1. The number of hydrogen-bond donors (Lipinski definition) is 2. The highest BCUT2D eigenvalue weighted by molar-refractivity contribution is 7.10. The molecule has 41 heavy (non-hydrogen) atoms. The molecule has 0 saturated carbocycles. The maximum absolute atomic E-state index is 11.3. The van der Waals surface area contributed by atoms with Crippen molar-refractivity contribution < 1.29 is 14.9 Å². The van der Waals surface area contributed by atoms with Gasteiger partial charge in [-0.05, 0) is 56.1 Å². The van der Waals surface area contributed by atoms with Crippen molar-refractivity contribution >= 4 is 11.3 Å². The first-order valence-electron chi connectivity index (χ1n) is 15.5. The van der Waals surface area contributed by atoms with Gasteiger partial charge in [-0.15, -0.1) is 11.3 Å². The zero-order valence-electron chi connectivity index (χ0n) is 26.7. The van der Waals surface area contributed by atoms with Gasteiger partial charge in [-0.2, -0.15) is 0 Å². The van der Waals surface area contributed by atoms with E-state index in [0.29, 0.717) is 6.42 Å². The van der Waals surface area contributed by atoms with Crippen LogP contribution in [0.25, 0.3) is 0 Å². The van der Waals surface area contributed by atoms with Crippen molar-refractivity contribution in [3.63, 3.8) is 0 Å². The van der Waals surface area contributed by atoms with E-state index >= 15 is 0 Å². The maximum Gasteiger partial charge on any atom is 0.119 e. The van der Waals surface area contributed by atoms with Crippen LogP contribution in [0.15, 0.2) is 41.8 Å². The third-order valence-electron chi connectivity index (χ3n) is 9.48. The Morgan fingerprint density at radius 3 is 1.73 bits per heavy atom. The highest BCUT2D eigenvalue weighted by Crippen LogP contribution is 2.37. The highest BCUT2D eigenvalue weighted by Gasteiger charge is 2.37. The number of likely N-dealkylation sites (N-methyl/N-ethyl adjacent to an activating group) is 2. The summed E-state index contributed by atoms with van der Waals surface area (Å²) in [4.78, 5) is 10.8. The van der Waals surface area contributed by atoms with Crippen molar-refractivity contribution in [2.75, 3.05) is 86.7 Å². The van der Waals surface area contributed by atoms with E-state index in [-0.39, 0.29) is 11.8 Å². The van der Waals surface area contributed by atoms with Gasteiger partial charge in [-0.1, -0.05) is 45.9 Å². The minimum atomic E-state index is -0.808. The lowest BCUT2D eigenvalue weighted by Gasteiger charge is -2.39. The van der Waals surface area contributed by atoms with Gasteiger partial charge in [0.2, 0.25) is 0 Å². The summed E-state index contributed by atoms with van der Waals surface area (Å²) in [6.45, 7) is 19.3. The van der Waals surface area contributed by atoms with Crippen LogP contribution in [0.1, 0.15) is 51.0 Å². The van der Waals surface area contributed by atoms with E-state index in [1.165, 1.54) is 0 Å². The van der Waals surface area contributed by atoms with Crippen LogP contribution in [0.4, 0.5) is 0 Å². The molecular weight excluding hydrogens is 532 g/mol. The smallest absolute Gasteiger partial charge is 0.119 e. The lowest BCUT2D eigenvalue weighted by Crippen LogP contribution is -2.48. The molecule has 3 heterocycles. The average Bonchev–Trinajstić information content (AvgIpc) is 3.55. The number of methoxy groups -OCH3 is 1. The summed E-state index contributed by atoms with van der Waals surface area (Å²) in [7, 11) is 6.01. The van der Waals surface area contributed by atoms with Gasteiger partial charge < -0.3 is 34.5 Å². The molecule has 2 saturated heterocycles. The Balaban J connectivity index is 0.000000228. The Morgan fingerprint density at radius 2 is 1.29 bits per heavy atom. The summed E-state index contributed by atoms with van der Waals surface area (Å²) < 4.78 is 5.31. The van der Waals surface area contributed by atoms with Crippen molar-refractivity contribution in [2.45, 2.75) is 51.7 Å². The Kier molecular flexibility index (Phi) is 13.1. The molecule has 7 nitrogen and oxygen atoms in total. The topological polar surface area (TPSA) is 62.7 Å². The maximum atomic E-state index is 11.3. The monoisotopic (exact) mass is 588 g/mol. The van der Waals surface area contributed by atoms with E-state index in [1.807, 2.05) is 30.3 Å². The number of hydrogen-bond acceptors (Lipinski definition) is 8. The summed E-state index contributed by atoms with van der Waals surface area (Å²) in [5.74, 6) is 1.24. The second kappa shape index (κ2) is 15.8. The van der Waals surface area contributed by atoms with E-state index in [4.69, 9.17) is 4.74 Å². The number of nitrogens with zero attached hydrogens (tertiary/aromatic N) is 4. The summed E-state index contributed by atoms with van der Waals surface area (Å²) in [5.41, 5.74) is -0.522. The Morgan fingerprint density at radius 1 is 0.780 bits per heavy atom. The fourth-order valence-corrected chi connectivity index (χ4v) is 7.17. The van der Waals surface area contributed by atoms with Crippen LogP contribution in [0.2, 0.25) is 0 Å². The van der Waals surface area contributed by atoms with Gasteiger partial charge in [-0.25, -0.2) is 0 Å². The van der Waals surface area contributed by atoms with E-state index in [2.05, 4.69) is 72.8 Å². The Bertz CT molecular complexity index is 1010. The number of benzene rings is 1. The first kappa shape index (κ1) is 34.0. The van der Waals surface area contributed by atoms with Crippen LogP contribution in [0, 0.1) is 11.8 Å². The van der Waals surface area contributed by atoms with Crippen LogP contribution < -0.4 is 4.74 Å². The number of piperazine rings is 2. The average molecular weight is 589 g/mol. The molecule has 0 spiro atoms. The molecular formula is C33H56N4O3S. The van der Waals surface area contributed by atoms with E-state index in [0.717, 1.165) is 88.1 Å². The Hall–Kier alpha value is -1.52. The normalized spacial score (nSPS) is 22.2. The molecule has 2 aliphatic rings. The molecule has 232 valence electrons. The molecule has 0 bridgehead atoms. The largest absolute Gasteiger partial charge is 0.497 e. The third-order valence-corrected chi connectivity index (χ3v) is 10.5. The number of thiophene rings is 1. The number of aliphatic hydroxyl groups is 2. The molecule has 2 aromatic rings. The van der Waals surface area contributed by atoms with E-state index < -0.39 is 11.2 Å². The van der Waals surface area contributed by atoms with Crippen LogP contribution in [0.5, 0.6) is 5.75 Å². The predicted molar refractivity (Wildman–Crippen MR) is 172 cm³/mol. The van der Waals surface area contributed by atoms with Crippen LogP contribution >= 0.6 is 11.3 Å². The van der Waals surface area contributed by atoms with Gasteiger partial charge in [0, 0.05) is 82.2 Å².